The Bertz CT molecular complexity index is 215. The van der Waals surface area contributed by atoms with Gasteiger partial charge in [0.25, 0.3) is 0 Å². The maximum atomic E-state index is 13.6. The minimum absolute atomic E-state index is 0.265. The summed E-state index contributed by atoms with van der Waals surface area (Å²) in [4.78, 5) is 0. The van der Waals surface area contributed by atoms with Gasteiger partial charge < -0.3 is 0 Å². The molecule has 0 aromatic carbocycles. The summed E-state index contributed by atoms with van der Waals surface area (Å²) in [6.07, 6.45) is 6.83. The molecule has 1 rings (SSSR count). The molecular formula is C13H23F. The third kappa shape index (κ3) is 2.59. The van der Waals surface area contributed by atoms with Crippen molar-refractivity contribution in [1.29, 1.82) is 0 Å². The Kier molecular flexibility index (Phi) is 3.39. The van der Waals surface area contributed by atoms with Gasteiger partial charge in [-0.1, -0.05) is 25.5 Å². The topological polar surface area (TPSA) is 0 Å². The summed E-state index contributed by atoms with van der Waals surface area (Å²) in [5.41, 5.74) is 0.809. The Morgan fingerprint density at radius 1 is 1.21 bits per heavy atom. The van der Waals surface area contributed by atoms with E-state index in [4.69, 9.17) is 0 Å². The zero-order valence-electron chi connectivity index (χ0n) is 9.99. The summed E-state index contributed by atoms with van der Waals surface area (Å²) in [7, 11) is 0. The van der Waals surface area contributed by atoms with E-state index in [1.165, 1.54) is 5.57 Å². The van der Waals surface area contributed by atoms with Crippen molar-refractivity contribution in [1.82, 2.24) is 0 Å². The summed E-state index contributed by atoms with van der Waals surface area (Å²) < 4.78 is 13.6. The molecule has 1 aliphatic carbocycles. The Hall–Kier alpha value is -0.330. The fourth-order valence-corrected chi connectivity index (χ4v) is 2.27. The van der Waals surface area contributed by atoms with Crippen molar-refractivity contribution in [2.45, 2.75) is 65.5 Å². The number of allylic oxidation sites excluding steroid dienone is 2. The number of hydrogen-bond acceptors (Lipinski definition) is 0. The SMILES string of the molecule is CC/C=C(/C)C1(C)CCC(C)(F)CC1. The molecule has 0 spiro atoms. The maximum absolute atomic E-state index is 13.6. The van der Waals surface area contributed by atoms with Gasteiger partial charge in [0.1, 0.15) is 5.67 Å². The van der Waals surface area contributed by atoms with Crippen LogP contribution in [0.1, 0.15) is 59.8 Å². The van der Waals surface area contributed by atoms with E-state index >= 15 is 0 Å². The summed E-state index contributed by atoms with van der Waals surface area (Å²) in [5, 5.41) is 0. The van der Waals surface area contributed by atoms with Crippen molar-refractivity contribution in [3.63, 3.8) is 0 Å². The van der Waals surface area contributed by atoms with E-state index in [1.807, 2.05) is 0 Å². The molecule has 0 heterocycles. The van der Waals surface area contributed by atoms with Crippen LogP contribution in [0.3, 0.4) is 0 Å². The van der Waals surface area contributed by atoms with Gasteiger partial charge in [0.2, 0.25) is 0 Å². The van der Waals surface area contributed by atoms with Gasteiger partial charge in [-0.15, -0.1) is 0 Å². The largest absolute Gasteiger partial charge is 0.244 e. The third-order valence-corrected chi connectivity index (χ3v) is 3.86. The molecule has 0 aliphatic heterocycles. The van der Waals surface area contributed by atoms with Gasteiger partial charge in [-0.3, -0.25) is 0 Å². The summed E-state index contributed by atoms with van der Waals surface area (Å²) in [6, 6.07) is 0. The lowest BCUT2D eigenvalue weighted by molar-refractivity contribution is 0.0782. The van der Waals surface area contributed by atoms with Crippen molar-refractivity contribution in [3.05, 3.63) is 11.6 Å². The summed E-state index contributed by atoms with van der Waals surface area (Å²) >= 11 is 0. The number of alkyl halides is 1. The van der Waals surface area contributed by atoms with Crippen molar-refractivity contribution in [2.75, 3.05) is 0 Å². The van der Waals surface area contributed by atoms with E-state index in [0.717, 1.165) is 32.1 Å². The zero-order chi connectivity index (χ0) is 10.8. The van der Waals surface area contributed by atoms with Crippen LogP contribution in [0.25, 0.3) is 0 Å². The van der Waals surface area contributed by atoms with Gasteiger partial charge in [-0.05, 0) is 51.4 Å². The standard InChI is InChI=1S/C13H23F/c1-5-6-11(2)12(3)7-9-13(4,14)10-8-12/h6H,5,7-10H2,1-4H3/b11-6-. The number of halogens is 1. The highest BCUT2D eigenvalue weighted by Gasteiger charge is 2.38. The summed E-state index contributed by atoms with van der Waals surface area (Å²) in [5.74, 6) is 0. The molecular weight excluding hydrogens is 175 g/mol. The molecule has 0 amide bonds. The molecule has 82 valence electrons. The highest BCUT2D eigenvalue weighted by molar-refractivity contribution is 5.12. The average Bonchev–Trinajstić information content (AvgIpc) is 2.11. The van der Waals surface area contributed by atoms with Gasteiger partial charge in [-0.2, -0.15) is 0 Å². The minimum Gasteiger partial charge on any atom is -0.244 e. The van der Waals surface area contributed by atoms with Gasteiger partial charge >= 0.3 is 0 Å². The first kappa shape index (κ1) is 11.7. The molecule has 0 N–H and O–H groups in total. The molecule has 0 nitrogen and oxygen atoms in total. The maximum Gasteiger partial charge on any atom is 0.108 e. The predicted molar refractivity (Wildman–Crippen MR) is 60.1 cm³/mol. The molecule has 1 saturated carbocycles. The molecule has 1 fully saturated rings. The Morgan fingerprint density at radius 2 is 1.71 bits per heavy atom. The van der Waals surface area contributed by atoms with E-state index in [1.54, 1.807) is 6.92 Å². The van der Waals surface area contributed by atoms with Crippen LogP contribution in [-0.2, 0) is 0 Å². The molecule has 0 atom stereocenters. The van der Waals surface area contributed by atoms with Crippen LogP contribution in [0.15, 0.2) is 11.6 Å². The lowest BCUT2D eigenvalue weighted by Crippen LogP contribution is -2.32. The second-order valence-electron chi connectivity index (χ2n) is 5.27. The van der Waals surface area contributed by atoms with Gasteiger partial charge in [-0.25, -0.2) is 4.39 Å². The molecule has 0 unspecified atom stereocenters. The van der Waals surface area contributed by atoms with Crippen molar-refractivity contribution in [3.8, 4) is 0 Å². The van der Waals surface area contributed by atoms with Crippen molar-refractivity contribution < 1.29 is 4.39 Å². The van der Waals surface area contributed by atoms with E-state index in [2.05, 4.69) is 26.8 Å². The lowest BCUT2D eigenvalue weighted by Gasteiger charge is -2.40. The average molecular weight is 198 g/mol. The molecule has 0 saturated heterocycles. The first-order valence-electron chi connectivity index (χ1n) is 5.76. The van der Waals surface area contributed by atoms with E-state index in [0.29, 0.717) is 0 Å². The predicted octanol–water partition coefficient (Wildman–Crippen LogP) is 4.65. The Balaban J connectivity index is 2.66. The van der Waals surface area contributed by atoms with Crippen LogP contribution in [-0.4, -0.2) is 5.67 Å². The Morgan fingerprint density at radius 3 is 2.14 bits per heavy atom. The van der Waals surface area contributed by atoms with Gasteiger partial charge in [0.05, 0.1) is 0 Å². The number of hydrogen-bond donors (Lipinski definition) is 0. The van der Waals surface area contributed by atoms with Gasteiger partial charge in [0.15, 0.2) is 0 Å². The molecule has 14 heavy (non-hydrogen) atoms. The smallest absolute Gasteiger partial charge is 0.108 e. The monoisotopic (exact) mass is 198 g/mol. The second-order valence-corrected chi connectivity index (χ2v) is 5.27. The van der Waals surface area contributed by atoms with Gasteiger partial charge in [0, 0.05) is 0 Å². The van der Waals surface area contributed by atoms with E-state index in [9.17, 15) is 4.39 Å². The molecule has 0 bridgehead atoms. The quantitative estimate of drug-likeness (QED) is 0.566. The molecule has 0 radical (unpaired) electrons. The van der Waals surface area contributed by atoms with Crippen LogP contribution in [0.2, 0.25) is 0 Å². The highest BCUT2D eigenvalue weighted by atomic mass is 19.1. The molecule has 1 heteroatoms. The molecule has 0 aromatic rings. The van der Waals surface area contributed by atoms with Crippen LogP contribution in [0, 0.1) is 5.41 Å². The lowest BCUT2D eigenvalue weighted by atomic mass is 9.67. The first-order chi connectivity index (χ1) is 6.40. The Labute approximate surface area is 87.6 Å². The first-order valence-corrected chi connectivity index (χ1v) is 5.76. The van der Waals surface area contributed by atoms with Crippen LogP contribution < -0.4 is 0 Å². The molecule has 1 aliphatic rings. The van der Waals surface area contributed by atoms with Crippen LogP contribution in [0.4, 0.5) is 4.39 Å². The van der Waals surface area contributed by atoms with Crippen molar-refractivity contribution >= 4 is 0 Å². The fraction of sp³-hybridized carbons (Fsp3) is 0.846. The number of rotatable bonds is 2. The van der Waals surface area contributed by atoms with Crippen LogP contribution >= 0.6 is 0 Å². The normalized spacial score (nSPS) is 39.9. The summed E-state index contributed by atoms with van der Waals surface area (Å²) in [6.45, 7) is 8.38. The minimum atomic E-state index is -0.911. The van der Waals surface area contributed by atoms with Crippen molar-refractivity contribution in [2.24, 2.45) is 5.41 Å². The van der Waals surface area contributed by atoms with E-state index in [-0.39, 0.29) is 5.41 Å². The second kappa shape index (κ2) is 4.04. The third-order valence-electron chi connectivity index (χ3n) is 3.86. The highest BCUT2D eigenvalue weighted by Crippen LogP contribution is 2.46. The van der Waals surface area contributed by atoms with Crippen LogP contribution in [0.5, 0.6) is 0 Å². The zero-order valence-corrected chi connectivity index (χ0v) is 9.99. The van der Waals surface area contributed by atoms with E-state index < -0.39 is 5.67 Å². The fourth-order valence-electron chi connectivity index (χ4n) is 2.27. The molecule has 0 aromatic heterocycles.